The lowest BCUT2D eigenvalue weighted by Crippen LogP contribution is -2.60. The molecule has 3 amide bonds. The van der Waals surface area contributed by atoms with Gasteiger partial charge in [0.1, 0.15) is 29.6 Å². The van der Waals surface area contributed by atoms with Crippen molar-refractivity contribution in [3.8, 4) is 0 Å². The van der Waals surface area contributed by atoms with E-state index in [-0.39, 0.29) is 31.3 Å². The molecule has 4 bridgehead atoms. The van der Waals surface area contributed by atoms with Crippen LogP contribution in [-0.4, -0.2) is 88.8 Å². The summed E-state index contributed by atoms with van der Waals surface area (Å²) in [4.78, 5) is 54.8. The Hall–Kier alpha value is -3.74. The van der Waals surface area contributed by atoms with Gasteiger partial charge in [-0.15, -0.1) is 0 Å². The second-order valence-electron chi connectivity index (χ2n) is 13.6. The van der Waals surface area contributed by atoms with E-state index in [1.54, 1.807) is 20.9 Å². The number of aliphatic hydroxyl groups excluding tert-OH is 1. The van der Waals surface area contributed by atoms with Crippen LogP contribution < -0.4 is 10.2 Å². The Morgan fingerprint density at radius 1 is 1.23 bits per heavy atom. The van der Waals surface area contributed by atoms with Gasteiger partial charge in [-0.1, -0.05) is 43.7 Å². The summed E-state index contributed by atoms with van der Waals surface area (Å²) in [5, 5.41) is 24.3. The van der Waals surface area contributed by atoms with Crippen molar-refractivity contribution in [2.45, 2.75) is 110 Å². The molecule has 0 aliphatic carbocycles. The number of hydrogen-bond acceptors (Lipinski definition) is 9. The SMILES string of the molecule is CC(=O)N(C)C(C)C(=O)OC1CC(=O)N(C)c2cc(cc(CO)c2C)C/C(C)=C/C=C/C(C)C2(O)CC(OC(=O)N2)C(C)C2OC12C. The van der Waals surface area contributed by atoms with Crippen LogP contribution in [0.25, 0.3) is 0 Å². The number of alkyl carbamates (subject to hydrolysis) is 1. The number of ether oxygens (including phenoxy) is 3. The Kier molecular flexibility index (Phi) is 10.6. The van der Waals surface area contributed by atoms with Gasteiger partial charge in [0.2, 0.25) is 11.8 Å². The van der Waals surface area contributed by atoms with Crippen LogP contribution in [0.2, 0.25) is 0 Å². The van der Waals surface area contributed by atoms with Crippen molar-refractivity contribution in [3.05, 3.63) is 52.6 Å². The molecule has 2 fully saturated rings. The molecule has 3 heterocycles. The van der Waals surface area contributed by atoms with Crippen LogP contribution >= 0.6 is 0 Å². The van der Waals surface area contributed by atoms with E-state index in [4.69, 9.17) is 14.2 Å². The highest BCUT2D eigenvalue weighted by molar-refractivity contribution is 5.94. The Morgan fingerprint density at radius 2 is 1.91 bits per heavy atom. The summed E-state index contributed by atoms with van der Waals surface area (Å²) >= 11 is 0. The van der Waals surface area contributed by atoms with Crippen LogP contribution in [0, 0.1) is 18.8 Å². The molecule has 1 aromatic carbocycles. The molecule has 12 heteroatoms. The van der Waals surface area contributed by atoms with Gasteiger partial charge in [0.25, 0.3) is 0 Å². The number of fused-ring (bicyclic) bond motifs is 5. The van der Waals surface area contributed by atoms with Gasteiger partial charge in [-0.2, -0.15) is 0 Å². The average molecular weight is 656 g/mol. The largest absolute Gasteiger partial charge is 0.457 e. The molecule has 3 N–H and O–H groups in total. The van der Waals surface area contributed by atoms with Crippen molar-refractivity contribution in [2.75, 3.05) is 19.0 Å². The lowest BCUT2D eigenvalue weighted by atomic mass is 9.82. The minimum Gasteiger partial charge on any atom is -0.457 e. The van der Waals surface area contributed by atoms with Crippen molar-refractivity contribution in [2.24, 2.45) is 11.8 Å². The Bertz CT molecular complexity index is 1470. The fourth-order valence-corrected chi connectivity index (χ4v) is 6.48. The lowest BCUT2D eigenvalue weighted by Gasteiger charge is -2.41. The van der Waals surface area contributed by atoms with Crippen LogP contribution in [0.3, 0.4) is 0 Å². The summed E-state index contributed by atoms with van der Waals surface area (Å²) in [6, 6.07) is 2.90. The zero-order valence-corrected chi connectivity index (χ0v) is 28.8. The second-order valence-corrected chi connectivity index (χ2v) is 13.6. The van der Waals surface area contributed by atoms with Gasteiger partial charge in [0.15, 0.2) is 0 Å². The molecule has 4 rings (SSSR count). The number of rotatable bonds is 4. The fourth-order valence-electron chi connectivity index (χ4n) is 6.48. The molecule has 2 saturated heterocycles. The van der Waals surface area contributed by atoms with Crippen molar-refractivity contribution >= 4 is 29.6 Å². The number of carbonyl (C=O) groups excluding carboxylic acids is 4. The van der Waals surface area contributed by atoms with E-state index >= 15 is 0 Å². The van der Waals surface area contributed by atoms with Gasteiger partial charge < -0.3 is 34.2 Å². The van der Waals surface area contributed by atoms with E-state index in [0.717, 1.165) is 16.7 Å². The van der Waals surface area contributed by atoms with Crippen molar-refractivity contribution < 1.29 is 43.6 Å². The summed E-state index contributed by atoms with van der Waals surface area (Å²) < 4.78 is 17.8. The Balaban J connectivity index is 1.78. The van der Waals surface area contributed by atoms with Crippen LogP contribution in [-0.2, 0) is 41.6 Å². The maximum absolute atomic E-state index is 14.0. The molecule has 0 aromatic heterocycles. The molecule has 47 heavy (non-hydrogen) atoms. The van der Waals surface area contributed by atoms with Gasteiger partial charge in [0.05, 0.1) is 19.1 Å². The molecule has 8 unspecified atom stereocenters. The normalized spacial score (nSPS) is 33.7. The number of epoxide rings is 1. The predicted molar refractivity (Wildman–Crippen MR) is 174 cm³/mol. The molecule has 0 saturated carbocycles. The second kappa shape index (κ2) is 13.8. The van der Waals surface area contributed by atoms with E-state index in [2.05, 4.69) is 5.32 Å². The number of allylic oxidation sites excluding steroid dienone is 3. The van der Waals surface area contributed by atoms with Crippen LogP contribution in [0.1, 0.15) is 71.1 Å². The van der Waals surface area contributed by atoms with E-state index in [9.17, 15) is 29.4 Å². The van der Waals surface area contributed by atoms with Gasteiger partial charge >= 0.3 is 12.1 Å². The maximum atomic E-state index is 14.0. The summed E-state index contributed by atoms with van der Waals surface area (Å²) in [6.07, 6.45) is 2.80. The number of hydrogen-bond donors (Lipinski definition) is 3. The number of benzene rings is 1. The minimum absolute atomic E-state index is 0.0751. The topological polar surface area (TPSA) is 158 Å². The molecule has 1 aromatic rings. The standard InChI is InChI=1S/C35H49N3O9/c1-19-11-10-12-20(2)35(44)17-28(45-33(43)36-35)22(4)31-34(7,47-31)29(46-32(42)23(5)37(8)24(6)40)16-30(41)38(9)27-15-25(13-19)14-26(18-39)21(27)3/h10-12,14-15,20,22-23,28-29,31,39,44H,13,16-18H2,1-9H3,(H,36,43)/b12-10+,19-11+. The van der Waals surface area contributed by atoms with E-state index < -0.39 is 59.6 Å². The first-order valence-corrected chi connectivity index (χ1v) is 16.1. The third-order valence-electron chi connectivity index (χ3n) is 10.2. The number of anilines is 1. The van der Waals surface area contributed by atoms with Gasteiger partial charge in [-0.3, -0.25) is 14.9 Å². The highest BCUT2D eigenvalue weighted by Crippen LogP contribution is 2.49. The first-order chi connectivity index (χ1) is 21.9. The van der Waals surface area contributed by atoms with E-state index in [1.165, 1.54) is 23.8 Å². The highest BCUT2D eigenvalue weighted by atomic mass is 16.7. The zero-order chi connectivity index (χ0) is 35.0. The fraction of sp³-hybridized carbons (Fsp3) is 0.600. The van der Waals surface area contributed by atoms with Crippen molar-refractivity contribution in [1.29, 1.82) is 0 Å². The zero-order valence-electron chi connectivity index (χ0n) is 28.8. The number of esters is 1. The molecular formula is C35H49N3O9. The molecule has 8 atom stereocenters. The average Bonchev–Trinajstić information content (AvgIpc) is 3.70. The lowest BCUT2D eigenvalue weighted by molar-refractivity contribution is -0.161. The van der Waals surface area contributed by atoms with Crippen molar-refractivity contribution in [1.82, 2.24) is 10.2 Å². The van der Waals surface area contributed by atoms with Crippen molar-refractivity contribution in [3.63, 3.8) is 0 Å². The number of amides is 3. The number of likely N-dealkylation sites (N-methyl/N-ethyl adjacent to an activating group) is 1. The Labute approximate surface area is 276 Å². The summed E-state index contributed by atoms with van der Waals surface area (Å²) in [7, 11) is 3.13. The molecule has 12 nitrogen and oxygen atoms in total. The van der Waals surface area contributed by atoms with E-state index in [1.807, 2.05) is 58.1 Å². The smallest absolute Gasteiger partial charge is 0.409 e. The van der Waals surface area contributed by atoms with Gasteiger partial charge in [-0.25, -0.2) is 9.59 Å². The van der Waals surface area contributed by atoms with Gasteiger partial charge in [0, 0.05) is 45.0 Å². The summed E-state index contributed by atoms with van der Waals surface area (Å²) in [5.74, 6) is -2.30. The third-order valence-corrected chi connectivity index (χ3v) is 10.2. The van der Waals surface area contributed by atoms with Gasteiger partial charge in [-0.05, 0) is 56.9 Å². The summed E-state index contributed by atoms with van der Waals surface area (Å²) in [6.45, 7) is 11.9. The molecule has 3 aliphatic heterocycles. The first kappa shape index (κ1) is 36.1. The molecular weight excluding hydrogens is 606 g/mol. The van der Waals surface area contributed by atoms with Crippen LogP contribution in [0.15, 0.2) is 35.9 Å². The van der Waals surface area contributed by atoms with Crippen LogP contribution in [0.5, 0.6) is 0 Å². The number of nitrogens with zero attached hydrogens (tertiary/aromatic N) is 2. The summed E-state index contributed by atoms with van der Waals surface area (Å²) in [5.41, 5.74) is 1.18. The monoisotopic (exact) mass is 655 g/mol. The Morgan fingerprint density at radius 3 is 2.55 bits per heavy atom. The predicted octanol–water partition coefficient (Wildman–Crippen LogP) is 3.29. The molecule has 3 aliphatic rings. The quantitative estimate of drug-likeness (QED) is 0.327. The number of aliphatic hydroxyl groups is 2. The highest BCUT2D eigenvalue weighted by Gasteiger charge is 2.64. The molecule has 0 radical (unpaired) electrons. The third kappa shape index (κ3) is 7.55. The number of nitrogens with one attached hydrogen (secondary N) is 1. The minimum atomic E-state index is -1.60. The molecule has 258 valence electrons. The van der Waals surface area contributed by atoms with Crippen LogP contribution in [0.4, 0.5) is 10.5 Å². The maximum Gasteiger partial charge on any atom is 0.409 e. The first-order valence-electron chi connectivity index (χ1n) is 16.1. The van der Waals surface area contributed by atoms with E-state index in [0.29, 0.717) is 17.7 Å². The molecule has 0 spiro atoms. The number of carbonyl (C=O) groups is 4.